The van der Waals surface area contributed by atoms with Crippen molar-refractivity contribution < 1.29 is 4.79 Å². The van der Waals surface area contributed by atoms with Crippen molar-refractivity contribution in [2.45, 2.75) is 58.9 Å². The summed E-state index contributed by atoms with van der Waals surface area (Å²) in [7, 11) is 0. The fraction of sp³-hybridized carbons (Fsp3) is 0.923. The number of carbonyl (C=O) groups is 1. The summed E-state index contributed by atoms with van der Waals surface area (Å²) >= 11 is 0. The van der Waals surface area contributed by atoms with Crippen LogP contribution in [0.25, 0.3) is 0 Å². The molecule has 1 saturated carbocycles. The highest BCUT2D eigenvalue weighted by Crippen LogP contribution is 2.32. The Morgan fingerprint density at radius 3 is 2.44 bits per heavy atom. The van der Waals surface area contributed by atoms with Crippen LogP contribution < -0.4 is 5.73 Å². The molecular weight excluding hydrogens is 200 g/mol. The minimum absolute atomic E-state index is 0.272. The summed E-state index contributed by atoms with van der Waals surface area (Å²) in [4.78, 5) is 14.5. The van der Waals surface area contributed by atoms with Crippen molar-refractivity contribution in [3.63, 3.8) is 0 Å². The van der Waals surface area contributed by atoms with Crippen molar-refractivity contribution in [1.82, 2.24) is 4.90 Å². The maximum Gasteiger partial charge on any atom is 0.230 e. The van der Waals surface area contributed by atoms with Crippen LogP contribution in [0.2, 0.25) is 0 Å². The second-order valence-corrected chi connectivity index (χ2v) is 5.20. The first-order valence-corrected chi connectivity index (χ1v) is 6.60. The molecule has 0 aromatic carbocycles. The Morgan fingerprint density at radius 1 is 1.44 bits per heavy atom. The van der Waals surface area contributed by atoms with E-state index in [1.54, 1.807) is 0 Å². The average molecular weight is 226 g/mol. The van der Waals surface area contributed by atoms with E-state index in [0.717, 1.165) is 25.8 Å². The SMILES string of the molecule is CCCCN(C(=O)C(C)(CC)CN)C1CC1. The van der Waals surface area contributed by atoms with E-state index in [9.17, 15) is 4.79 Å². The third kappa shape index (κ3) is 2.97. The molecule has 1 rings (SSSR count). The molecule has 2 N–H and O–H groups in total. The highest BCUT2D eigenvalue weighted by molar-refractivity contribution is 5.83. The Labute approximate surface area is 99.4 Å². The van der Waals surface area contributed by atoms with Gasteiger partial charge in [0, 0.05) is 19.1 Å². The standard InChI is InChI=1S/C13H26N2O/c1-4-6-9-15(11-7-8-11)12(16)13(3,5-2)10-14/h11H,4-10,14H2,1-3H3. The molecular formula is C13H26N2O. The zero-order chi connectivity index (χ0) is 12.2. The smallest absolute Gasteiger partial charge is 0.230 e. The van der Waals surface area contributed by atoms with Gasteiger partial charge in [-0.1, -0.05) is 20.3 Å². The minimum Gasteiger partial charge on any atom is -0.339 e. The summed E-state index contributed by atoms with van der Waals surface area (Å²) in [5, 5.41) is 0. The summed E-state index contributed by atoms with van der Waals surface area (Å²) in [5.41, 5.74) is 5.41. The van der Waals surface area contributed by atoms with Crippen LogP contribution in [0.15, 0.2) is 0 Å². The molecule has 1 fully saturated rings. The van der Waals surface area contributed by atoms with Gasteiger partial charge in [0.15, 0.2) is 0 Å². The molecule has 3 heteroatoms. The second kappa shape index (κ2) is 5.67. The lowest BCUT2D eigenvalue weighted by atomic mass is 9.86. The number of hydrogen-bond acceptors (Lipinski definition) is 2. The molecule has 0 aromatic rings. The van der Waals surface area contributed by atoms with Gasteiger partial charge in [0.1, 0.15) is 0 Å². The third-order valence-electron chi connectivity index (χ3n) is 3.75. The van der Waals surface area contributed by atoms with Crippen LogP contribution in [-0.4, -0.2) is 29.9 Å². The maximum absolute atomic E-state index is 12.5. The van der Waals surface area contributed by atoms with Gasteiger partial charge in [0.05, 0.1) is 5.41 Å². The summed E-state index contributed by atoms with van der Waals surface area (Å²) in [6.07, 6.45) is 5.44. The molecule has 0 radical (unpaired) electrons. The summed E-state index contributed by atoms with van der Waals surface area (Å²) in [6.45, 7) is 7.58. The van der Waals surface area contributed by atoms with Crippen molar-refractivity contribution in [2.75, 3.05) is 13.1 Å². The molecule has 1 aliphatic rings. The van der Waals surface area contributed by atoms with Gasteiger partial charge in [-0.25, -0.2) is 0 Å². The Hall–Kier alpha value is -0.570. The van der Waals surface area contributed by atoms with E-state index < -0.39 is 0 Å². The number of nitrogens with zero attached hydrogens (tertiary/aromatic N) is 1. The fourth-order valence-corrected chi connectivity index (χ4v) is 1.89. The van der Waals surface area contributed by atoms with Gasteiger partial charge in [-0.05, 0) is 32.6 Å². The zero-order valence-corrected chi connectivity index (χ0v) is 11.0. The molecule has 0 spiro atoms. The highest BCUT2D eigenvalue weighted by Gasteiger charge is 2.39. The van der Waals surface area contributed by atoms with E-state index in [1.165, 1.54) is 12.8 Å². The highest BCUT2D eigenvalue weighted by atomic mass is 16.2. The molecule has 1 unspecified atom stereocenters. The van der Waals surface area contributed by atoms with Crippen LogP contribution in [0, 0.1) is 5.41 Å². The monoisotopic (exact) mass is 226 g/mol. The van der Waals surface area contributed by atoms with E-state index in [-0.39, 0.29) is 11.3 Å². The summed E-state index contributed by atoms with van der Waals surface area (Å²) in [5.74, 6) is 0.272. The predicted octanol–water partition coefficient (Wildman–Crippen LogP) is 2.15. The predicted molar refractivity (Wildman–Crippen MR) is 67.1 cm³/mol. The van der Waals surface area contributed by atoms with Crippen molar-refractivity contribution in [3.8, 4) is 0 Å². The van der Waals surface area contributed by atoms with Gasteiger partial charge >= 0.3 is 0 Å². The first-order chi connectivity index (χ1) is 7.59. The normalized spacial score (nSPS) is 19.2. The van der Waals surface area contributed by atoms with Gasteiger partial charge in [-0.15, -0.1) is 0 Å². The number of hydrogen-bond donors (Lipinski definition) is 1. The largest absolute Gasteiger partial charge is 0.339 e. The quantitative estimate of drug-likeness (QED) is 0.723. The van der Waals surface area contributed by atoms with Crippen LogP contribution in [0.1, 0.15) is 52.9 Å². The van der Waals surface area contributed by atoms with Crippen molar-refractivity contribution in [1.29, 1.82) is 0 Å². The molecule has 94 valence electrons. The topological polar surface area (TPSA) is 46.3 Å². The molecule has 1 amide bonds. The summed E-state index contributed by atoms with van der Waals surface area (Å²) < 4.78 is 0. The van der Waals surface area contributed by atoms with Crippen LogP contribution in [0.5, 0.6) is 0 Å². The van der Waals surface area contributed by atoms with Crippen molar-refractivity contribution in [2.24, 2.45) is 11.1 Å². The maximum atomic E-state index is 12.5. The molecule has 0 heterocycles. The number of amides is 1. The molecule has 3 nitrogen and oxygen atoms in total. The van der Waals surface area contributed by atoms with E-state index in [4.69, 9.17) is 5.73 Å². The Bertz CT molecular complexity index is 232. The lowest BCUT2D eigenvalue weighted by Gasteiger charge is -2.33. The third-order valence-corrected chi connectivity index (χ3v) is 3.75. The van der Waals surface area contributed by atoms with Crippen LogP contribution in [-0.2, 0) is 4.79 Å². The van der Waals surface area contributed by atoms with E-state index in [2.05, 4.69) is 18.7 Å². The number of rotatable bonds is 7. The number of unbranched alkanes of at least 4 members (excludes halogenated alkanes) is 1. The van der Waals surface area contributed by atoms with Crippen molar-refractivity contribution in [3.05, 3.63) is 0 Å². The molecule has 0 saturated heterocycles. The van der Waals surface area contributed by atoms with E-state index in [0.29, 0.717) is 12.6 Å². The van der Waals surface area contributed by atoms with E-state index in [1.807, 2.05) is 6.92 Å². The Balaban J connectivity index is 2.65. The molecule has 16 heavy (non-hydrogen) atoms. The van der Waals surface area contributed by atoms with Gasteiger partial charge in [0.25, 0.3) is 0 Å². The summed E-state index contributed by atoms with van der Waals surface area (Å²) in [6, 6.07) is 0.511. The number of carbonyl (C=O) groups excluding carboxylic acids is 1. The van der Waals surface area contributed by atoms with E-state index >= 15 is 0 Å². The van der Waals surface area contributed by atoms with Crippen LogP contribution in [0.3, 0.4) is 0 Å². The molecule has 0 aliphatic heterocycles. The van der Waals surface area contributed by atoms with Crippen LogP contribution >= 0.6 is 0 Å². The van der Waals surface area contributed by atoms with Gasteiger partial charge < -0.3 is 10.6 Å². The average Bonchev–Trinajstić information content (AvgIpc) is 3.12. The zero-order valence-electron chi connectivity index (χ0n) is 11.0. The van der Waals surface area contributed by atoms with Gasteiger partial charge in [-0.2, -0.15) is 0 Å². The molecule has 0 bridgehead atoms. The number of nitrogens with two attached hydrogens (primary N) is 1. The lowest BCUT2D eigenvalue weighted by molar-refractivity contribution is -0.141. The van der Waals surface area contributed by atoms with Gasteiger partial charge in [-0.3, -0.25) is 4.79 Å². The lowest BCUT2D eigenvalue weighted by Crippen LogP contribution is -2.47. The molecule has 1 atom stereocenters. The Kier molecular flexibility index (Phi) is 4.78. The molecule has 0 aromatic heterocycles. The molecule has 1 aliphatic carbocycles. The Morgan fingerprint density at radius 2 is 2.06 bits per heavy atom. The first kappa shape index (κ1) is 13.5. The van der Waals surface area contributed by atoms with Crippen molar-refractivity contribution >= 4 is 5.91 Å². The van der Waals surface area contributed by atoms with Gasteiger partial charge in [0.2, 0.25) is 5.91 Å². The fourth-order valence-electron chi connectivity index (χ4n) is 1.89. The first-order valence-electron chi connectivity index (χ1n) is 6.60. The second-order valence-electron chi connectivity index (χ2n) is 5.20. The minimum atomic E-state index is -0.351. The van der Waals surface area contributed by atoms with Crippen LogP contribution in [0.4, 0.5) is 0 Å².